The number of nitrogens with zero attached hydrogens (tertiary/aromatic N) is 1. The minimum Gasteiger partial charge on any atom is -0.258 e. The molecule has 0 bridgehead atoms. The molecule has 1 aromatic rings. The van der Waals surface area contributed by atoms with Crippen LogP contribution < -0.4 is 4.72 Å². The first-order valence-electron chi connectivity index (χ1n) is 5.17. The third-order valence-corrected chi connectivity index (χ3v) is 3.79. The minimum atomic E-state index is -3.95. The molecule has 1 unspecified atom stereocenters. The van der Waals surface area contributed by atoms with Crippen molar-refractivity contribution < 1.29 is 17.7 Å². The number of sulfonamides is 1. The molecule has 0 aromatic heterocycles. The van der Waals surface area contributed by atoms with E-state index in [1.165, 1.54) is 0 Å². The third-order valence-electron chi connectivity index (χ3n) is 2.21. The van der Waals surface area contributed by atoms with Gasteiger partial charge in [0.2, 0.25) is 15.8 Å². The molecular weight excluding hydrogens is 275 g/mol. The SMILES string of the molecule is C#CCC(C)NS(=O)(=O)c1ccc([N+](=O)[O-])c(F)c1. The van der Waals surface area contributed by atoms with Gasteiger partial charge in [-0.15, -0.1) is 12.3 Å². The second-order valence-corrected chi connectivity index (χ2v) is 5.51. The van der Waals surface area contributed by atoms with Gasteiger partial charge in [-0.3, -0.25) is 10.1 Å². The molecule has 102 valence electrons. The molecular formula is C11H11FN2O4S. The van der Waals surface area contributed by atoms with Crippen LogP contribution in [-0.4, -0.2) is 19.4 Å². The van der Waals surface area contributed by atoms with E-state index >= 15 is 0 Å². The quantitative estimate of drug-likeness (QED) is 0.503. The molecule has 0 fully saturated rings. The summed E-state index contributed by atoms with van der Waals surface area (Å²) in [6, 6.07) is 1.85. The molecule has 1 rings (SSSR count). The van der Waals surface area contributed by atoms with Gasteiger partial charge in [0, 0.05) is 24.6 Å². The van der Waals surface area contributed by atoms with Crippen molar-refractivity contribution in [2.75, 3.05) is 0 Å². The zero-order valence-electron chi connectivity index (χ0n) is 9.96. The van der Waals surface area contributed by atoms with Gasteiger partial charge in [-0.25, -0.2) is 13.1 Å². The Hall–Kier alpha value is -1.98. The summed E-state index contributed by atoms with van der Waals surface area (Å²) in [6.45, 7) is 1.55. The standard InChI is InChI=1S/C11H11FN2O4S/c1-3-4-8(2)13-19(17,18)9-5-6-11(14(15)16)10(12)7-9/h1,5-8,13H,4H2,2H3. The number of nitro groups is 1. The van der Waals surface area contributed by atoms with Crippen molar-refractivity contribution in [2.24, 2.45) is 0 Å². The summed E-state index contributed by atoms with van der Waals surface area (Å²) in [5.41, 5.74) is -0.782. The number of nitrogens with one attached hydrogen (secondary N) is 1. The maximum Gasteiger partial charge on any atom is 0.304 e. The Morgan fingerprint density at radius 3 is 2.68 bits per heavy atom. The lowest BCUT2D eigenvalue weighted by Gasteiger charge is -2.11. The largest absolute Gasteiger partial charge is 0.304 e. The lowest BCUT2D eigenvalue weighted by molar-refractivity contribution is -0.387. The van der Waals surface area contributed by atoms with Crippen molar-refractivity contribution in [2.45, 2.75) is 24.3 Å². The first kappa shape index (κ1) is 15.1. The van der Waals surface area contributed by atoms with Gasteiger partial charge in [-0.05, 0) is 13.0 Å². The molecule has 0 radical (unpaired) electrons. The molecule has 0 saturated heterocycles. The number of hydrogen-bond acceptors (Lipinski definition) is 4. The Balaban J connectivity index is 3.07. The number of benzene rings is 1. The summed E-state index contributed by atoms with van der Waals surface area (Å²) < 4.78 is 39.3. The van der Waals surface area contributed by atoms with Gasteiger partial charge >= 0.3 is 5.69 Å². The fourth-order valence-corrected chi connectivity index (χ4v) is 2.61. The van der Waals surface area contributed by atoms with E-state index in [4.69, 9.17) is 6.42 Å². The summed E-state index contributed by atoms with van der Waals surface area (Å²) in [7, 11) is -3.95. The first-order valence-corrected chi connectivity index (χ1v) is 6.66. The van der Waals surface area contributed by atoms with Crippen molar-refractivity contribution in [1.82, 2.24) is 4.72 Å². The van der Waals surface area contributed by atoms with Gasteiger partial charge in [0.15, 0.2) is 0 Å². The number of terminal acetylenes is 1. The van der Waals surface area contributed by atoms with E-state index in [0.717, 1.165) is 12.1 Å². The van der Waals surface area contributed by atoms with Crippen molar-refractivity contribution in [3.05, 3.63) is 34.1 Å². The highest BCUT2D eigenvalue weighted by Gasteiger charge is 2.21. The van der Waals surface area contributed by atoms with E-state index in [2.05, 4.69) is 10.6 Å². The van der Waals surface area contributed by atoms with E-state index in [0.29, 0.717) is 6.07 Å². The molecule has 0 heterocycles. The highest BCUT2D eigenvalue weighted by molar-refractivity contribution is 7.89. The molecule has 1 atom stereocenters. The molecule has 0 saturated carbocycles. The highest BCUT2D eigenvalue weighted by atomic mass is 32.2. The van der Waals surface area contributed by atoms with Crippen molar-refractivity contribution in [1.29, 1.82) is 0 Å². The van der Waals surface area contributed by atoms with Crippen LogP contribution in [0.1, 0.15) is 13.3 Å². The van der Waals surface area contributed by atoms with E-state index < -0.39 is 32.5 Å². The van der Waals surface area contributed by atoms with Gasteiger partial charge in [-0.2, -0.15) is 4.39 Å². The molecule has 19 heavy (non-hydrogen) atoms. The molecule has 6 nitrogen and oxygen atoms in total. The lowest BCUT2D eigenvalue weighted by atomic mass is 10.3. The maximum atomic E-state index is 13.4. The van der Waals surface area contributed by atoms with E-state index in [-0.39, 0.29) is 11.3 Å². The van der Waals surface area contributed by atoms with E-state index in [9.17, 15) is 22.9 Å². The summed E-state index contributed by atoms with van der Waals surface area (Å²) in [5, 5.41) is 10.4. The van der Waals surface area contributed by atoms with Crippen LogP contribution in [0.2, 0.25) is 0 Å². The van der Waals surface area contributed by atoms with Crippen LogP contribution in [0, 0.1) is 28.3 Å². The summed E-state index contributed by atoms with van der Waals surface area (Å²) >= 11 is 0. The smallest absolute Gasteiger partial charge is 0.258 e. The number of nitro benzene ring substituents is 1. The fraction of sp³-hybridized carbons (Fsp3) is 0.273. The summed E-state index contributed by atoms with van der Waals surface area (Å²) in [4.78, 5) is 9.10. The predicted molar refractivity (Wildman–Crippen MR) is 66.3 cm³/mol. The molecule has 0 amide bonds. The molecule has 8 heteroatoms. The van der Waals surface area contributed by atoms with Gasteiger partial charge in [0.05, 0.1) is 9.82 Å². The molecule has 0 aliphatic rings. The van der Waals surface area contributed by atoms with E-state index in [1.54, 1.807) is 6.92 Å². The zero-order valence-corrected chi connectivity index (χ0v) is 10.8. The second kappa shape index (κ2) is 5.77. The average molecular weight is 286 g/mol. The first-order chi connectivity index (χ1) is 8.77. The zero-order chi connectivity index (χ0) is 14.6. The molecule has 0 spiro atoms. The van der Waals surface area contributed by atoms with Crippen molar-refractivity contribution in [3.8, 4) is 12.3 Å². The van der Waals surface area contributed by atoms with E-state index in [1.807, 2.05) is 0 Å². The number of halogens is 1. The van der Waals surface area contributed by atoms with Crippen molar-refractivity contribution in [3.63, 3.8) is 0 Å². The second-order valence-electron chi connectivity index (χ2n) is 3.80. The van der Waals surface area contributed by atoms with Gasteiger partial charge < -0.3 is 0 Å². The van der Waals surface area contributed by atoms with Gasteiger partial charge in [-0.1, -0.05) is 0 Å². The summed E-state index contributed by atoms with van der Waals surface area (Å²) in [6.07, 6.45) is 5.22. The fourth-order valence-electron chi connectivity index (χ4n) is 1.35. The van der Waals surface area contributed by atoms with Gasteiger partial charge in [0.25, 0.3) is 0 Å². The highest BCUT2D eigenvalue weighted by Crippen LogP contribution is 2.20. The lowest BCUT2D eigenvalue weighted by Crippen LogP contribution is -2.32. The van der Waals surface area contributed by atoms with Crippen LogP contribution in [0.25, 0.3) is 0 Å². The Morgan fingerprint density at radius 1 is 1.58 bits per heavy atom. The monoisotopic (exact) mass is 286 g/mol. The van der Waals surface area contributed by atoms with Crippen LogP contribution in [-0.2, 0) is 10.0 Å². The Morgan fingerprint density at radius 2 is 2.21 bits per heavy atom. The Bertz CT molecular complexity index is 637. The van der Waals surface area contributed by atoms with Gasteiger partial charge in [0.1, 0.15) is 0 Å². The molecule has 0 aliphatic heterocycles. The Kier molecular flexibility index (Phi) is 4.58. The predicted octanol–water partition coefficient (Wildman–Crippen LogP) is 1.42. The van der Waals surface area contributed by atoms with Crippen LogP contribution in [0.15, 0.2) is 23.1 Å². The molecule has 0 aliphatic carbocycles. The third kappa shape index (κ3) is 3.74. The topological polar surface area (TPSA) is 89.3 Å². The maximum absolute atomic E-state index is 13.4. The van der Waals surface area contributed by atoms with Crippen LogP contribution >= 0.6 is 0 Å². The van der Waals surface area contributed by atoms with Crippen LogP contribution in [0.3, 0.4) is 0 Å². The number of hydrogen-bond donors (Lipinski definition) is 1. The van der Waals surface area contributed by atoms with Crippen LogP contribution in [0.5, 0.6) is 0 Å². The van der Waals surface area contributed by atoms with Crippen LogP contribution in [0.4, 0.5) is 10.1 Å². The minimum absolute atomic E-state index is 0.175. The normalized spacial score (nSPS) is 12.7. The molecule has 1 aromatic carbocycles. The summed E-state index contributed by atoms with van der Waals surface area (Å²) in [5.74, 6) is 1.08. The molecule has 1 N–H and O–H groups in total. The Labute approximate surface area is 109 Å². The average Bonchev–Trinajstić information content (AvgIpc) is 2.27. The van der Waals surface area contributed by atoms with Crippen molar-refractivity contribution >= 4 is 15.7 Å². The number of rotatable bonds is 5.